The number of aryl methyl sites for hydroxylation is 1. The van der Waals surface area contributed by atoms with Gasteiger partial charge in [0.1, 0.15) is 5.82 Å². The lowest BCUT2D eigenvalue weighted by Crippen LogP contribution is -2.38. The maximum absolute atomic E-state index is 13.5. The van der Waals surface area contributed by atoms with Gasteiger partial charge in [0, 0.05) is 37.8 Å². The highest BCUT2D eigenvalue weighted by Gasteiger charge is 2.31. The Morgan fingerprint density at radius 2 is 1.74 bits per heavy atom. The summed E-state index contributed by atoms with van der Waals surface area (Å²) in [4.78, 5) is 29.0. The maximum atomic E-state index is 13.5. The minimum atomic E-state index is -0.847. The van der Waals surface area contributed by atoms with Gasteiger partial charge in [-0.2, -0.15) is 0 Å². The molecule has 1 N–H and O–H groups in total. The van der Waals surface area contributed by atoms with Crippen LogP contribution in [0.5, 0.6) is 0 Å². The molecule has 0 aliphatic carbocycles. The minimum Gasteiger partial charge on any atom is -0.481 e. The molecule has 0 radical (unpaired) electrons. The molecule has 0 spiro atoms. The van der Waals surface area contributed by atoms with Crippen LogP contribution in [0.15, 0.2) is 54.7 Å². The summed E-state index contributed by atoms with van der Waals surface area (Å²) in [6, 6.07) is 14.6. The number of aliphatic carboxylic acids is 1. The number of fused-ring (bicyclic) bond motifs is 1. The van der Waals surface area contributed by atoms with E-state index in [4.69, 9.17) is 5.11 Å². The van der Waals surface area contributed by atoms with Crippen molar-refractivity contribution in [2.24, 2.45) is 5.92 Å². The zero-order valence-corrected chi connectivity index (χ0v) is 19.9. The Hall–Kier alpha value is -3.19. The van der Waals surface area contributed by atoms with E-state index in [2.05, 4.69) is 4.90 Å². The van der Waals surface area contributed by atoms with E-state index in [0.717, 1.165) is 62.9 Å². The standard InChI is InChI=1S/C28H32FN3O3/c29-24-6-4-21(5-7-24)22-9-13-30(14-10-22)18-20-8-15-32(19-20)28(35)25-3-1-2-23-11-16-31(27(23)25)17-12-26(33)34/h1-7,11,16,20,22H,8-10,12-15,17-19H2,(H,33,34)/t20-/m1/s1. The first-order valence-electron chi connectivity index (χ1n) is 12.5. The van der Waals surface area contributed by atoms with Crippen LogP contribution in [-0.2, 0) is 11.3 Å². The topological polar surface area (TPSA) is 65.8 Å². The second-order valence-electron chi connectivity index (χ2n) is 9.93. The molecule has 1 aromatic heterocycles. The average molecular weight is 478 g/mol. The number of halogens is 1. The minimum absolute atomic E-state index is 0.0238. The van der Waals surface area contributed by atoms with Crippen molar-refractivity contribution < 1.29 is 19.1 Å². The SMILES string of the molecule is O=C(O)CCn1ccc2cccc(C(=O)N3CC[C@H](CN4CCC(c5ccc(F)cc5)CC4)C3)c21. The second-order valence-corrected chi connectivity index (χ2v) is 9.93. The van der Waals surface area contributed by atoms with Crippen molar-refractivity contribution in [3.63, 3.8) is 0 Å². The van der Waals surface area contributed by atoms with Gasteiger partial charge in [-0.3, -0.25) is 9.59 Å². The number of hydrogen-bond acceptors (Lipinski definition) is 3. The van der Waals surface area contributed by atoms with Gasteiger partial charge in [-0.1, -0.05) is 24.3 Å². The third-order valence-corrected chi connectivity index (χ3v) is 7.60. The summed E-state index contributed by atoms with van der Waals surface area (Å²) in [5.41, 5.74) is 2.70. The molecule has 1 atom stereocenters. The van der Waals surface area contributed by atoms with Crippen LogP contribution < -0.4 is 0 Å². The molecule has 0 bridgehead atoms. The molecule has 2 aromatic carbocycles. The molecule has 35 heavy (non-hydrogen) atoms. The first-order valence-corrected chi connectivity index (χ1v) is 12.5. The van der Waals surface area contributed by atoms with Crippen molar-refractivity contribution in [3.8, 4) is 0 Å². The summed E-state index contributed by atoms with van der Waals surface area (Å²) in [5.74, 6) is -0.0509. The van der Waals surface area contributed by atoms with Crippen molar-refractivity contribution in [3.05, 3.63) is 71.7 Å². The van der Waals surface area contributed by atoms with Crippen molar-refractivity contribution in [2.75, 3.05) is 32.7 Å². The van der Waals surface area contributed by atoms with Gasteiger partial charge >= 0.3 is 5.97 Å². The molecule has 5 rings (SSSR count). The number of para-hydroxylation sites is 1. The van der Waals surface area contributed by atoms with E-state index >= 15 is 0 Å². The Labute approximate surface area is 204 Å². The summed E-state index contributed by atoms with van der Waals surface area (Å²) >= 11 is 0. The lowest BCUT2D eigenvalue weighted by atomic mass is 9.89. The van der Waals surface area contributed by atoms with Crippen LogP contribution >= 0.6 is 0 Å². The number of aromatic nitrogens is 1. The highest BCUT2D eigenvalue weighted by Crippen LogP contribution is 2.30. The largest absolute Gasteiger partial charge is 0.481 e. The number of carbonyl (C=O) groups excluding carboxylic acids is 1. The molecular formula is C28H32FN3O3. The van der Waals surface area contributed by atoms with Crippen LogP contribution in [0.2, 0.25) is 0 Å². The first-order chi connectivity index (χ1) is 17.0. The molecule has 6 nitrogen and oxygen atoms in total. The third-order valence-electron chi connectivity index (χ3n) is 7.60. The molecule has 2 aliphatic rings. The number of carboxylic acids is 1. The quantitative estimate of drug-likeness (QED) is 0.540. The van der Waals surface area contributed by atoms with Crippen molar-refractivity contribution in [2.45, 2.75) is 38.1 Å². The van der Waals surface area contributed by atoms with Gasteiger partial charge < -0.3 is 19.5 Å². The molecule has 3 heterocycles. The lowest BCUT2D eigenvalue weighted by molar-refractivity contribution is -0.137. The molecule has 1 amide bonds. The Morgan fingerprint density at radius 3 is 2.49 bits per heavy atom. The number of hydrogen-bond donors (Lipinski definition) is 1. The van der Waals surface area contributed by atoms with E-state index in [1.54, 1.807) is 12.1 Å². The zero-order chi connectivity index (χ0) is 24.4. The monoisotopic (exact) mass is 477 g/mol. The van der Waals surface area contributed by atoms with Crippen LogP contribution in [0.4, 0.5) is 4.39 Å². The van der Waals surface area contributed by atoms with Crippen molar-refractivity contribution in [1.82, 2.24) is 14.4 Å². The van der Waals surface area contributed by atoms with Gasteiger partial charge in [0.25, 0.3) is 5.91 Å². The summed E-state index contributed by atoms with van der Waals surface area (Å²) in [5, 5.41) is 10.0. The predicted molar refractivity (Wildman–Crippen MR) is 133 cm³/mol. The third kappa shape index (κ3) is 5.25. The van der Waals surface area contributed by atoms with Crippen molar-refractivity contribution in [1.29, 1.82) is 0 Å². The fraction of sp³-hybridized carbons (Fsp3) is 0.429. The van der Waals surface area contributed by atoms with Crippen molar-refractivity contribution >= 4 is 22.8 Å². The van der Waals surface area contributed by atoms with Gasteiger partial charge in [-0.05, 0) is 74.0 Å². The smallest absolute Gasteiger partial charge is 0.305 e. The summed E-state index contributed by atoms with van der Waals surface area (Å²) < 4.78 is 15.1. The molecule has 184 valence electrons. The van der Waals surface area contributed by atoms with Gasteiger partial charge in [0.2, 0.25) is 0 Å². The molecule has 2 fully saturated rings. The molecule has 2 aliphatic heterocycles. The fourth-order valence-electron chi connectivity index (χ4n) is 5.72. The van der Waals surface area contributed by atoms with Crippen LogP contribution in [0.25, 0.3) is 10.9 Å². The van der Waals surface area contributed by atoms with Crippen LogP contribution in [0.1, 0.15) is 47.5 Å². The summed E-state index contributed by atoms with van der Waals surface area (Å²) in [6.07, 6.45) is 5.05. The van der Waals surface area contributed by atoms with Gasteiger partial charge in [-0.15, -0.1) is 0 Å². The van der Waals surface area contributed by atoms with Crippen LogP contribution in [0, 0.1) is 11.7 Å². The number of benzene rings is 2. The number of rotatable bonds is 7. The number of likely N-dealkylation sites (tertiary alicyclic amines) is 2. The fourth-order valence-corrected chi connectivity index (χ4v) is 5.72. The lowest BCUT2D eigenvalue weighted by Gasteiger charge is -2.33. The van der Waals surface area contributed by atoms with E-state index in [1.807, 2.05) is 52.1 Å². The molecular weight excluding hydrogens is 445 g/mol. The van der Waals surface area contributed by atoms with Gasteiger partial charge in [0.15, 0.2) is 0 Å². The summed E-state index contributed by atoms with van der Waals surface area (Å²) in [7, 11) is 0. The van der Waals surface area contributed by atoms with Crippen LogP contribution in [-0.4, -0.2) is 64.1 Å². The molecule has 3 aromatic rings. The molecule has 2 saturated heterocycles. The average Bonchev–Trinajstić information content (AvgIpc) is 3.50. The van der Waals surface area contributed by atoms with E-state index in [-0.39, 0.29) is 18.1 Å². The Balaban J connectivity index is 1.18. The normalized spacial score (nSPS) is 19.5. The number of piperidine rings is 1. The summed E-state index contributed by atoms with van der Waals surface area (Å²) in [6.45, 7) is 4.91. The molecule has 0 saturated carbocycles. The first kappa shape index (κ1) is 23.5. The second kappa shape index (κ2) is 10.2. The van der Waals surface area contributed by atoms with E-state index in [1.165, 1.54) is 5.56 Å². The Kier molecular flexibility index (Phi) is 6.86. The van der Waals surface area contributed by atoms with E-state index in [9.17, 15) is 14.0 Å². The maximum Gasteiger partial charge on any atom is 0.305 e. The zero-order valence-electron chi connectivity index (χ0n) is 19.9. The number of carbonyl (C=O) groups is 2. The molecule has 0 unspecified atom stereocenters. The predicted octanol–water partition coefficient (Wildman–Crippen LogP) is 4.60. The number of carboxylic acid groups (broad SMARTS) is 1. The Bertz CT molecular complexity index is 1200. The van der Waals surface area contributed by atoms with Crippen LogP contribution in [0.3, 0.4) is 0 Å². The number of amides is 1. The highest BCUT2D eigenvalue weighted by molar-refractivity contribution is 6.06. The van der Waals surface area contributed by atoms with E-state index in [0.29, 0.717) is 23.9 Å². The number of nitrogens with zero attached hydrogens (tertiary/aromatic N) is 3. The Morgan fingerprint density at radius 1 is 0.971 bits per heavy atom. The highest BCUT2D eigenvalue weighted by atomic mass is 19.1. The van der Waals surface area contributed by atoms with Gasteiger partial charge in [0.05, 0.1) is 17.5 Å². The van der Waals surface area contributed by atoms with E-state index < -0.39 is 5.97 Å². The van der Waals surface area contributed by atoms with Gasteiger partial charge in [-0.25, -0.2) is 4.39 Å². The molecule has 7 heteroatoms.